The van der Waals surface area contributed by atoms with Crippen LogP contribution < -0.4 is 4.90 Å². The van der Waals surface area contributed by atoms with Gasteiger partial charge in [-0.2, -0.15) is 5.26 Å². The minimum Gasteiger partial charge on any atom is -0.352 e. The van der Waals surface area contributed by atoms with E-state index in [0.717, 1.165) is 54.9 Å². The molecule has 1 aromatic rings. The molecule has 4 fully saturated rings. The zero-order valence-corrected chi connectivity index (χ0v) is 18.9. The lowest BCUT2D eigenvalue weighted by molar-refractivity contribution is -0.135. The Labute approximate surface area is 194 Å². The van der Waals surface area contributed by atoms with Gasteiger partial charge in [0.2, 0.25) is 5.91 Å². The minimum atomic E-state index is -0.297. The fourth-order valence-electron chi connectivity index (χ4n) is 5.68. The number of aromatic nitrogens is 1. The van der Waals surface area contributed by atoms with Crippen LogP contribution in [0.25, 0.3) is 0 Å². The number of terminal acetylenes is 1. The molecule has 2 amide bonds. The molecule has 170 valence electrons. The molecule has 1 atom stereocenters. The summed E-state index contributed by atoms with van der Waals surface area (Å²) in [6.45, 7) is 3.17. The highest BCUT2D eigenvalue weighted by atomic mass is 16.2. The van der Waals surface area contributed by atoms with Crippen molar-refractivity contribution in [1.29, 1.82) is 5.26 Å². The summed E-state index contributed by atoms with van der Waals surface area (Å²) in [6, 6.07) is 2.69. The summed E-state index contributed by atoms with van der Waals surface area (Å²) >= 11 is 0. The van der Waals surface area contributed by atoms with E-state index in [-0.39, 0.29) is 17.9 Å². The third-order valence-corrected chi connectivity index (χ3v) is 7.99. The molecule has 0 bridgehead atoms. The van der Waals surface area contributed by atoms with Crippen LogP contribution in [0.5, 0.6) is 0 Å². The van der Waals surface area contributed by atoms with Crippen molar-refractivity contribution < 1.29 is 9.59 Å². The standard InChI is InChI=1S/C26H29N5O2/c1-2-23(32)29-10-9-19-20(13-27)25(28-24(17-5-6-17)21(19)14-29)30-11-12-31(26(33)18-7-8-18)22(15-30)16-3-4-16/h1,16-18,22H,3-12,14-15H2. The quantitative estimate of drug-likeness (QED) is 0.667. The summed E-state index contributed by atoms with van der Waals surface area (Å²) in [5, 5.41) is 10.2. The number of amides is 2. The lowest BCUT2D eigenvalue weighted by Crippen LogP contribution is -2.57. The van der Waals surface area contributed by atoms with E-state index in [4.69, 9.17) is 11.4 Å². The zero-order valence-electron chi connectivity index (χ0n) is 18.9. The molecule has 33 heavy (non-hydrogen) atoms. The molecule has 2 aliphatic heterocycles. The molecule has 7 heteroatoms. The molecule has 3 saturated carbocycles. The van der Waals surface area contributed by atoms with Gasteiger partial charge in [-0.3, -0.25) is 9.59 Å². The Bertz CT molecular complexity index is 1100. The third kappa shape index (κ3) is 3.64. The summed E-state index contributed by atoms with van der Waals surface area (Å²) in [7, 11) is 0. The highest BCUT2D eigenvalue weighted by molar-refractivity contribution is 5.93. The number of pyridine rings is 1. The summed E-state index contributed by atoms with van der Waals surface area (Å²) in [5.74, 6) is 4.28. The summed E-state index contributed by atoms with van der Waals surface area (Å²) < 4.78 is 0. The first-order valence-corrected chi connectivity index (χ1v) is 12.4. The van der Waals surface area contributed by atoms with Gasteiger partial charge in [0.05, 0.1) is 17.3 Å². The van der Waals surface area contributed by atoms with Crippen LogP contribution in [0.15, 0.2) is 0 Å². The fraction of sp³-hybridized carbons (Fsp3) is 0.615. The molecule has 1 unspecified atom stereocenters. The van der Waals surface area contributed by atoms with E-state index in [1.807, 2.05) is 0 Å². The molecular weight excluding hydrogens is 414 g/mol. The van der Waals surface area contributed by atoms with Gasteiger partial charge in [0.1, 0.15) is 11.9 Å². The number of carbonyl (C=O) groups is 2. The lowest BCUT2D eigenvalue weighted by atomic mass is 9.92. The molecule has 6 rings (SSSR count). The van der Waals surface area contributed by atoms with Gasteiger partial charge in [-0.15, -0.1) is 6.42 Å². The monoisotopic (exact) mass is 443 g/mol. The Hall–Kier alpha value is -3.06. The topological polar surface area (TPSA) is 80.5 Å². The highest BCUT2D eigenvalue weighted by Gasteiger charge is 2.45. The maximum atomic E-state index is 12.9. The van der Waals surface area contributed by atoms with E-state index in [0.29, 0.717) is 55.9 Å². The Morgan fingerprint density at radius 2 is 1.82 bits per heavy atom. The first-order chi connectivity index (χ1) is 16.1. The molecule has 0 spiro atoms. The number of hydrogen-bond acceptors (Lipinski definition) is 5. The smallest absolute Gasteiger partial charge is 0.298 e. The van der Waals surface area contributed by atoms with Crippen LogP contribution >= 0.6 is 0 Å². The Morgan fingerprint density at radius 1 is 1.03 bits per heavy atom. The number of carbonyl (C=O) groups excluding carboxylic acids is 2. The van der Waals surface area contributed by atoms with Crippen LogP contribution in [0.2, 0.25) is 0 Å². The van der Waals surface area contributed by atoms with Gasteiger partial charge in [-0.1, -0.05) is 0 Å². The van der Waals surface area contributed by atoms with Crippen LogP contribution in [-0.2, 0) is 22.6 Å². The molecule has 0 radical (unpaired) electrons. The highest BCUT2D eigenvalue weighted by Crippen LogP contribution is 2.45. The molecule has 3 aliphatic carbocycles. The molecule has 1 saturated heterocycles. The van der Waals surface area contributed by atoms with Crippen molar-refractivity contribution in [1.82, 2.24) is 14.8 Å². The first-order valence-electron chi connectivity index (χ1n) is 12.4. The number of anilines is 1. The number of fused-ring (bicyclic) bond motifs is 1. The Morgan fingerprint density at radius 3 is 2.45 bits per heavy atom. The maximum absolute atomic E-state index is 12.9. The second kappa shape index (κ2) is 7.76. The number of nitrogens with zero attached hydrogens (tertiary/aromatic N) is 5. The first kappa shape index (κ1) is 20.5. The van der Waals surface area contributed by atoms with Gasteiger partial charge in [0, 0.05) is 44.6 Å². The van der Waals surface area contributed by atoms with E-state index in [2.05, 4.69) is 21.8 Å². The number of rotatable bonds is 4. The summed E-state index contributed by atoms with van der Waals surface area (Å²) in [5.41, 5.74) is 3.78. The maximum Gasteiger partial charge on any atom is 0.298 e. The van der Waals surface area contributed by atoms with Gasteiger partial charge in [0.15, 0.2) is 0 Å². The molecular formula is C26H29N5O2. The van der Waals surface area contributed by atoms with E-state index in [1.165, 1.54) is 12.8 Å². The normalized spacial score (nSPS) is 24.7. The van der Waals surface area contributed by atoms with Gasteiger partial charge < -0.3 is 14.7 Å². The number of nitriles is 1. The predicted molar refractivity (Wildman–Crippen MR) is 122 cm³/mol. The van der Waals surface area contributed by atoms with E-state index < -0.39 is 0 Å². The summed E-state index contributed by atoms with van der Waals surface area (Å²) in [4.78, 5) is 36.3. The van der Waals surface area contributed by atoms with Crippen LogP contribution in [0.4, 0.5) is 5.82 Å². The van der Waals surface area contributed by atoms with Crippen molar-refractivity contribution >= 4 is 17.6 Å². The van der Waals surface area contributed by atoms with Crippen molar-refractivity contribution in [3.63, 3.8) is 0 Å². The molecule has 5 aliphatic rings. The number of hydrogen-bond donors (Lipinski definition) is 0. The molecule has 7 nitrogen and oxygen atoms in total. The van der Waals surface area contributed by atoms with Crippen LogP contribution in [0, 0.1) is 35.5 Å². The number of piperazine rings is 1. The second-order valence-electron chi connectivity index (χ2n) is 10.3. The Balaban J connectivity index is 1.34. The van der Waals surface area contributed by atoms with Gasteiger partial charge >= 0.3 is 0 Å². The van der Waals surface area contributed by atoms with Crippen molar-refractivity contribution in [3.8, 4) is 18.4 Å². The van der Waals surface area contributed by atoms with Crippen molar-refractivity contribution in [2.75, 3.05) is 31.1 Å². The average molecular weight is 444 g/mol. The molecule has 0 N–H and O–H groups in total. The fourth-order valence-corrected chi connectivity index (χ4v) is 5.68. The van der Waals surface area contributed by atoms with E-state index >= 15 is 0 Å². The summed E-state index contributed by atoms with van der Waals surface area (Å²) in [6.07, 6.45) is 12.6. The Kier molecular flexibility index (Phi) is 4.83. The lowest BCUT2D eigenvalue weighted by Gasteiger charge is -2.43. The zero-order chi connectivity index (χ0) is 22.7. The van der Waals surface area contributed by atoms with Gasteiger partial charge in [0.25, 0.3) is 5.91 Å². The molecule has 1 aromatic heterocycles. The van der Waals surface area contributed by atoms with Crippen LogP contribution in [-0.4, -0.2) is 58.8 Å². The third-order valence-electron chi connectivity index (χ3n) is 7.99. The van der Waals surface area contributed by atoms with Crippen LogP contribution in [0.3, 0.4) is 0 Å². The second-order valence-corrected chi connectivity index (χ2v) is 10.3. The average Bonchev–Trinajstić information content (AvgIpc) is 3.70. The minimum absolute atomic E-state index is 0.226. The SMILES string of the molecule is C#CC(=O)N1CCc2c(C#N)c(N3CCN(C(=O)C4CC4)C(C4CC4)C3)nc(C3CC3)c2C1. The van der Waals surface area contributed by atoms with E-state index in [1.54, 1.807) is 4.90 Å². The predicted octanol–water partition coefficient (Wildman–Crippen LogP) is 2.19. The largest absolute Gasteiger partial charge is 0.352 e. The molecule has 0 aromatic carbocycles. The van der Waals surface area contributed by atoms with Crippen molar-refractivity contribution in [3.05, 3.63) is 22.4 Å². The van der Waals surface area contributed by atoms with Crippen molar-refractivity contribution in [2.45, 2.75) is 63.5 Å². The van der Waals surface area contributed by atoms with Gasteiger partial charge in [-0.05, 0) is 67.9 Å². The van der Waals surface area contributed by atoms with Crippen molar-refractivity contribution in [2.24, 2.45) is 11.8 Å². The molecule has 3 heterocycles. The van der Waals surface area contributed by atoms with Crippen LogP contribution in [0.1, 0.15) is 66.8 Å². The van der Waals surface area contributed by atoms with E-state index in [9.17, 15) is 14.9 Å². The van der Waals surface area contributed by atoms with Gasteiger partial charge in [-0.25, -0.2) is 4.98 Å².